The Morgan fingerprint density at radius 3 is 2.90 bits per heavy atom. The number of rotatable bonds is 4. The molecule has 4 N–H and O–H groups in total. The summed E-state index contributed by atoms with van der Waals surface area (Å²) in [6.45, 7) is 2.40. The van der Waals surface area contributed by atoms with E-state index < -0.39 is 5.97 Å². The highest BCUT2D eigenvalue weighted by molar-refractivity contribution is 5.99. The van der Waals surface area contributed by atoms with Crippen LogP contribution < -0.4 is 5.32 Å². The molecular formula is C14H21N3O4. The number of nitrogens with zero attached hydrogens (tertiary/aromatic N) is 1. The van der Waals surface area contributed by atoms with Crippen LogP contribution in [0.25, 0.3) is 0 Å². The Kier molecular flexibility index (Phi) is 4.85. The summed E-state index contributed by atoms with van der Waals surface area (Å²) in [6, 6.07) is 1.30. The van der Waals surface area contributed by atoms with Crippen molar-refractivity contribution in [2.45, 2.75) is 38.6 Å². The minimum absolute atomic E-state index is 0.0112. The monoisotopic (exact) mass is 295 g/mol. The van der Waals surface area contributed by atoms with Gasteiger partial charge in [0, 0.05) is 24.9 Å². The van der Waals surface area contributed by atoms with Gasteiger partial charge in [-0.25, -0.2) is 9.59 Å². The summed E-state index contributed by atoms with van der Waals surface area (Å²) in [5, 5.41) is 20.9. The minimum atomic E-state index is -1.11. The molecule has 1 aliphatic rings. The molecule has 0 radical (unpaired) electrons. The van der Waals surface area contributed by atoms with Crippen LogP contribution in [0, 0.1) is 6.92 Å². The lowest BCUT2D eigenvalue weighted by molar-refractivity contribution is 0.0692. The molecule has 1 aromatic heterocycles. The third kappa shape index (κ3) is 3.55. The first-order valence-electron chi connectivity index (χ1n) is 7.14. The molecule has 0 aliphatic carbocycles. The van der Waals surface area contributed by atoms with Gasteiger partial charge in [0.15, 0.2) is 0 Å². The third-order valence-electron chi connectivity index (χ3n) is 3.76. The molecule has 1 fully saturated rings. The standard InChI is InChI=1S/C14H21N3O4/c1-9-8-11(12(15-9)13(19)20)16-14(21)17-6-3-2-4-10(17)5-7-18/h8,10,15,18H,2-7H2,1H3,(H,16,21)(H,19,20). The third-order valence-corrected chi connectivity index (χ3v) is 3.76. The fraction of sp³-hybridized carbons (Fsp3) is 0.571. The SMILES string of the molecule is Cc1cc(NC(=O)N2CCCCC2CCO)c(C(=O)O)[nH]1. The maximum absolute atomic E-state index is 12.4. The van der Waals surface area contributed by atoms with Gasteiger partial charge in [-0.15, -0.1) is 0 Å². The Morgan fingerprint density at radius 2 is 2.24 bits per heavy atom. The number of aromatic amines is 1. The van der Waals surface area contributed by atoms with Crippen LogP contribution in [0.4, 0.5) is 10.5 Å². The van der Waals surface area contributed by atoms with Gasteiger partial charge < -0.3 is 25.4 Å². The van der Waals surface area contributed by atoms with Crippen molar-refractivity contribution >= 4 is 17.7 Å². The molecule has 21 heavy (non-hydrogen) atoms. The number of aromatic carboxylic acids is 1. The molecule has 1 aliphatic heterocycles. The number of hydrogen-bond donors (Lipinski definition) is 4. The predicted molar refractivity (Wildman–Crippen MR) is 77.6 cm³/mol. The summed E-state index contributed by atoms with van der Waals surface area (Å²) in [4.78, 5) is 27.9. The molecule has 0 aromatic carbocycles. The lowest BCUT2D eigenvalue weighted by Crippen LogP contribution is -2.46. The molecule has 2 amide bonds. The summed E-state index contributed by atoms with van der Waals surface area (Å²) < 4.78 is 0. The number of likely N-dealkylation sites (tertiary alicyclic amines) is 1. The molecule has 7 heteroatoms. The molecule has 0 bridgehead atoms. The number of anilines is 1. The van der Waals surface area contributed by atoms with Crippen LogP contribution >= 0.6 is 0 Å². The van der Waals surface area contributed by atoms with Gasteiger partial charge in [-0.1, -0.05) is 0 Å². The van der Waals surface area contributed by atoms with Crippen LogP contribution in [-0.4, -0.2) is 51.3 Å². The molecule has 1 atom stereocenters. The summed E-state index contributed by atoms with van der Waals surface area (Å²) in [5.74, 6) is -1.11. The minimum Gasteiger partial charge on any atom is -0.477 e. The molecule has 1 aromatic rings. The number of carboxylic acid groups (broad SMARTS) is 1. The fourth-order valence-corrected chi connectivity index (χ4v) is 2.76. The summed E-state index contributed by atoms with van der Waals surface area (Å²) in [6.07, 6.45) is 3.38. The molecule has 116 valence electrons. The molecular weight excluding hydrogens is 274 g/mol. The van der Waals surface area contributed by atoms with Gasteiger partial charge in [0.1, 0.15) is 5.69 Å². The molecule has 7 nitrogen and oxygen atoms in total. The second-order valence-corrected chi connectivity index (χ2v) is 5.33. The zero-order valence-corrected chi connectivity index (χ0v) is 12.1. The summed E-state index contributed by atoms with van der Waals surface area (Å²) in [7, 11) is 0. The summed E-state index contributed by atoms with van der Waals surface area (Å²) in [5.41, 5.74) is 0.933. The van der Waals surface area contributed by atoms with Crippen LogP contribution in [0.2, 0.25) is 0 Å². The number of carbonyl (C=O) groups excluding carboxylic acids is 1. The van der Waals surface area contributed by atoms with E-state index in [1.54, 1.807) is 17.9 Å². The first kappa shape index (κ1) is 15.4. The first-order chi connectivity index (χ1) is 10.0. The summed E-state index contributed by atoms with van der Waals surface area (Å²) >= 11 is 0. The molecule has 1 saturated heterocycles. The lowest BCUT2D eigenvalue weighted by atomic mass is 10.0. The molecule has 2 heterocycles. The van der Waals surface area contributed by atoms with E-state index >= 15 is 0 Å². The van der Waals surface area contributed by atoms with E-state index in [1.165, 1.54) is 0 Å². The topological polar surface area (TPSA) is 106 Å². The van der Waals surface area contributed by atoms with Crippen LogP contribution in [0.5, 0.6) is 0 Å². The van der Waals surface area contributed by atoms with Crippen molar-refractivity contribution in [3.8, 4) is 0 Å². The average Bonchev–Trinajstić information content (AvgIpc) is 2.80. The van der Waals surface area contributed by atoms with Crippen LogP contribution in [0.15, 0.2) is 6.07 Å². The highest BCUT2D eigenvalue weighted by atomic mass is 16.4. The Bertz CT molecular complexity index is 524. The molecule has 2 rings (SSSR count). The maximum Gasteiger partial charge on any atom is 0.354 e. The zero-order valence-electron chi connectivity index (χ0n) is 12.1. The maximum atomic E-state index is 12.4. The quantitative estimate of drug-likeness (QED) is 0.679. The molecule has 0 saturated carbocycles. The van der Waals surface area contributed by atoms with Gasteiger partial charge >= 0.3 is 12.0 Å². The number of piperidine rings is 1. The fourth-order valence-electron chi connectivity index (χ4n) is 2.76. The second kappa shape index (κ2) is 6.62. The number of aliphatic hydroxyl groups is 1. The number of carboxylic acids is 1. The zero-order chi connectivity index (χ0) is 15.4. The van der Waals surface area contributed by atoms with Gasteiger partial charge in [-0.05, 0) is 38.7 Å². The van der Waals surface area contributed by atoms with Gasteiger partial charge in [0.2, 0.25) is 0 Å². The van der Waals surface area contributed by atoms with E-state index in [0.717, 1.165) is 19.3 Å². The average molecular weight is 295 g/mol. The highest BCUT2D eigenvalue weighted by Gasteiger charge is 2.27. The normalized spacial score (nSPS) is 18.6. The van der Waals surface area contributed by atoms with Crippen LogP contribution in [0.3, 0.4) is 0 Å². The van der Waals surface area contributed by atoms with E-state index in [2.05, 4.69) is 10.3 Å². The van der Waals surface area contributed by atoms with E-state index in [-0.39, 0.29) is 30.1 Å². The first-order valence-corrected chi connectivity index (χ1v) is 7.14. The number of urea groups is 1. The number of amides is 2. The Balaban J connectivity index is 2.11. The van der Waals surface area contributed by atoms with Crippen molar-refractivity contribution in [1.82, 2.24) is 9.88 Å². The number of hydrogen-bond acceptors (Lipinski definition) is 3. The van der Waals surface area contributed by atoms with Crippen molar-refractivity contribution < 1.29 is 19.8 Å². The highest BCUT2D eigenvalue weighted by Crippen LogP contribution is 2.22. The number of aryl methyl sites for hydroxylation is 1. The van der Waals surface area contributed by atoms with Gasteiger partial charge in [-0.3, -0.25) is 0 Å². The smallest absolute Gasteiger partial charge is 0.354 e. The van der Waals surface area contributed by atoms with Crippen molar-refractivity contribution in [3.63, 3.8) is 0 Å². The van der Waals surface area contributed by atoms with E-state index in [4.69, 9.17) is 10.2 Å². The number of H-pyrrole nitrogens is 1. The van der Waals surface area contributed by atoms with Crippen LogP contribution in [-0.2, 0) is 0 Å². The lowest BCUT2D eigenvalue weighted by Gasteiger charge is -2.35. The van der Waals surface area contributed by atoms with Crippen molar-refractivity contribution in [3.05, 3.63) is 17.5 Å². The van der Waals surface area contributed by atoms with Crippen molar-refractivity contribution in [2.75, 3.05) is 18.5 Å². The van der Waals surface area contributed by atoms with Gasteiger partial charge in [0.25, 0.3) is 0 Å². The van der Waals surface area contributed by atoms with Crippen LogP contribution in [0.1, 0.15) is 41.9 Å². The largest absolute Gasteiger partial charge is 0.477 e. The Hall–Kier alpha value is -2.02. The van der Waals surface area contributed by atoms with Gasteiger partial charge in [0.05, 0.1) is 5.69 Å². The Morgan fingerprint density at radius 1 is 1.48 bits per heavy atom. The Labute approximate surface area is 123 Å². The van der Waals surface area contributed by atoms with Crippen molar-refractivity contribution in [2.24, 2.45) is 0 Å². The predicted octanol–water partition coefficient (Wildman–Crippen LogP) is 1.79. The van der Waals surface area contributed by atoms with Crippen molar-refractivity contribution in [1.29, 1.82) is 0 Å². The number of carbonyl (C=O) groups is 2. The number of aliphatic hydroxyl groups excluding tert-OH is 1. The number of aromatic nitrogens is 1. The van der Waals surface area contributed by atoms with E-state index in [1.807, 2.05) is 0 Å². The van der Waals surface area contributed by atoms with E-state index in [9.17, 15) is 9.59 Å². The second-order valence-electron chi connectivity index (χ2n) is 5.33. The van der Waals surface area contributed by atoms with Gasteiger partial charge in [-0.2, -0.15) is 0 Å². The van der Waals surface area contributed by atoms with E-state index in [0.29, 0.717) is 18.7 Å². The number of nitrogens with one attached hydrogen (secondary N) is 2. The molecule has 1 unspecified atom stereocenters. The molecule has 0 spiro atoms.